The third-order valence-corrected chi connectivity index (χ3v) is 7.38. The fourth-order valence-corrected chi connectivity index (χ4v) is 5.46. The van der Waals surface area contributed by atoms with E-state index in [-0.39, 0.29) is 5.95 Å². The molecule has 0 bridgehead atoms. The lowest BCUT2D eigenvalue weighted by atomic mass is 10.1. The highest BCUT2D eigenvalue weighted by Crippen LogP contribution is 2.37. The van der Waals surface area contributed by atoms with E-state index in [0.717, 1.165) is 57.4 Å². The van der Waals surface area contributed by atoms with Crippen molar-refractivity contribution in [3.63, 3.8) is 0 Å². The van der Waals surface area contributed by atoms with Gasteiger partial charge in [0.05, 0.1) is 30.4 Å². The van der Waals surface area contributed by atoms with Gasteiger partial charge in [-0.05, 0) is 61.2 Å². The van der Waals surface area contributed by atoms with Crippen molar-refractivity contribution in [2.45, 2.75) is 58.1 Å². The molecule has 4 heterocycles. The molecule has 0 aromatic carbocycles. The summed E-state index contributed by atoms with van der Waals surface area (Å²) >= 11 is 1.60. The van der Waals surface area contributed by atoms with Crippen LogP contribution in [0.1, 0.15) is 49.7 Å². The van der Waals surface area contributed by atoms with Crippen molar-refractivity contribution in [1.82, 2.24) is 29.6 Å². The van der Waals surface area contributed by atoms with E-state index in [1.807, 2.05) is 34.6 Å². The number of anilines is 1. The number of hydrogen-bond donors (Lipinski definition) is 1. The molecule has 10 nitrogen and oxygen atoms in total. The third kappa shape index (κ3) is 5.42. The van der Waals surface area contributed by atoms with E-state index in [2.05, 4.69) is 30.1 Å². The van der Waals surface area contributed by atoms with Gasteiger partial charge in [-0.2, -0.15) is 10.1 Å². The summed E-state index contributed by atoms with van der Waals surface area (Å²) in [4.78, 5) is 29.8. The molecule has 1 aliphatic heterocycles. The standard InChI is InChI=1S/C26H35N7O3S/c1-15-12-27-19(16(2)21(15)36-8)13-32-22-20-18(30-32)11-17(9-10-31(6)7)14-37-23(20)29-24(28-22)33(25(34)35)26(3,4)5/h11-12H,9-10,13-14H2,1-8H3,(H,34,35). The maximum atomic E-state index is 12.3. The van der Waals surface area contributed by atoms with Crippen LogP contribution in [0.3, 0.4) is 0 Å². The molecule has 0 fully saturated rings. The summed E-state index contributed by atoms with van der Waals surface area (Å²) < 4.78 is 7.41. The SMILES string of the molecule is COc1c(C)cnc(Cn2nc3c4c(nc(N(C(=O)O)C(C)(C)C)nc42)SCC(CCN(C)C)=C3)c1C. The molecule has 3 aromatic rings. The van der Waals surface area contributed by atoms with Crippen molar-refractivity contribution in [2.75, 3.05) is 38.4 Å². The van der Waals surface area contributed by atoms with Gasteiger partial charge in [0.15, 0.2) is 5.65 Å². The molecular weight excluding hydrogens is 490 g/mol. The molecule has 1 amide bonds. The Morgan fingerprint density at radius 1 is 1.24 bits per heavy atom. The minimum atomic E-state index is -1.10. The van der Waals surface area contributed by atoms with Crippen LogP contribution < -0.4 is 9.64 Å². The molecule has 0 spiro atoms. The average molecular weight is 526 g/mol. The number of methoxy groups -OCH3 is 1. The molecule has 0 saturated heterocycles. The summed E-state index contributed by atoms with van der Waals surface area (Å²) in [5.41, 5.74) is 4.62. The van der Waals surface area contributed by atoms with Crippen LogP contribution in [0.25, 0.3) is 17.1 Å². The van der Waals surface area contributed by atoms with Crippen LogP contribution in [-0.2, 0) is 6.54 Å². The van der Waals surface area contributed by atoms with Gasteiger partial charge in [0.25, 0.3) is 0 Å². The van der Waals surface area contributed by atoms with E-state index in [4.69, 9.17) is 19.8 Å². The van der Waals surface area contributed by atoms with Gasteiger partial charge in [-0.3, -0.25) is 4.98 Å². The number of pyridine rings is 1. The van der Waals surface area contributed by atoms with Gasteiger partial charge >= 0.3 is 6.09 Å². The Morgan fingerprint density at radius 2 is 1.97 bits per heavy atom. The van der Waals surface area contributed by atoms with Gasteiger partial charge in [-0.25, -0.2) is 19.4 Å². The predicted molar refractivity (Wildman–Crippen MR) is 147 cm³/mol. The molecule has 37 heavy (non-hydrogen) atoms. The number of amides is 1. The Kier molecular flexibility index (Phi) is 7.48. The maximum absolute atomic E-state index is 12.3. The molecule has 0 saturated carbocycles. The van der Waals surface area contributed by atoms with E-state index in [1.54, 1.807) is 29.8 Å². The first-order chi connectivity index (χ1) is 17.4. The molecule has 4 rings (SSSR count). The van der Waals surface area contributed by atoms with Gasteiger partial charge in [0, 0.05) is 35.2 Å². The second kappa shape index (κ2) is 10.3. The minimum absolute atomic E-state index is 0.144. The maximum Gasteiger partial charge on any atom is 0.414 e. The van der Waals surface area contributed by atoms with Crippen LogP contribution >= 0.6 is 11.8 Å². The van der Waals surface area contributed by atoms with Crippen molar-refractivity contribution in [2.24, 2.45) is 0 Å². The van der Waals surface area contributed by atoms with E-state index in [0.29, 0.717) is 12.2 Å². The molecule has 11 heteroatoms. The molecule has 198 valence electrons. The second-order valence-electron chi connectivity index (χ2n) is 10.5. The zero-order valence-electron chi connectivity index (χ0n) is 22.8. The van der Waals surface area contributed by atoms with Crippen molar-refractivity contribution in [3.05, 3.63) is 34.3 Å². The number of thioether (sulfide) groups is 1. The smallest absolute Gasteiger partial charge is 0.414 e. The highest BCUT2D eigenvalue weighted by Gasteiger charge is 2.32. The summed E-state index contributed by atoms with van der Waals surface area (Å²) in [5.74, 6) is 1.70. The van der Waals surface area contributed by atoms with Gasteiger partial charge < -0.3 is 14.7 Å². The van der Waals surface area contributed by atoms with Gasteiger partial charge in [0.2, 0.25) is 5.95 Å². The summed E-state index contributed by atoms with van der Waals surface area (Å²) in [7, 11) is 5.77. The molecule has 1 aliphatic rings. The highest BCUT2D eigenvalue weighted by molar-refractivity contribution is 7.99. The largest absolute Gasteiger partial charge is 0.496 e. The second-order valence-corrected chi connectivity index (χ2v) is 11.5. The zero-order chi connectivity index (χ0) is 27.1. The first-order valence-corrected chi connectivity index (χ1v) is 13.2. The Morgan fingerprint density at radius 3 is 2.59 bits per heavy atom. The summed E-state index contributed by atoms with van der Waals surface area (Å²) in [6.07, 6.45) is 3.73. The lowest BCUT2D eigenvalue weighted by Gasteiger charge is -2.31. The number of aryl methyl sites for hydroxylation is 1. The van der Waals surface area contributed by atoms with Crippen LogP contribution in [-0.4, -0.2) is 79.9 Å². The van der Waals surface area contributed by atoms with Crippen molar-refractivity contribution < 1.29 is 14.6 Å². The fraction of sp³-hybridized carbons (Fsp3) is 0.500. The third-order valence-electron chi connectivity index (χ3n) is 6.30. The topological polar surface area (TPSA) is 110 Å². The zero-order valence-corrected chi connectivity index (χ0v) is 23.6. The first-order valence-electron chi connectivity index (χ1n) is 12.2. The Bertz CT molecular complexity index is 1370. The molecular formula is C26H35N7O3S. The number of hydrogen-bond acceptors (Lipinski definition) is 8. The van der Waals surface area contributed by atoms with Crippen molar-refractivity contribution >= 4 is 40.9 Å². The number of rotatable bonds is 7. The van der Waals surface area contributed by atoms with Crippen LogP contribution in [0.5, 0.6) is 5.75 Å². The van der Waals surface area contributed by atoms with Crippen LogP contribution in [0.4, 0.5) is 10.7 Å². The van der Waals surface area contributed by atoms with Gasteiger partial charge in [-0.15, -0.1) is 11.8 Å². The average Bonchev–Trinajstić information content (AvgIpc) is 3.02. The normalized spacial score (nSPS) is 13.6. The Hall–Kier alpha value is -3.18. The predicted octanol–water partition coefficient (Wildman–Crippen LogP) is 4.62. The molecule has 1 N–H and O–H groups in total. The van der Waals surface area contributed by atoms with E-state index in [1.165, 1.54) is 10.5 Å². The summed E-state index contributed by atoms with van der Waals surface area (Å²) in [6.45, 7) is 10.7. The van der Waals surface area contributed by atoms with Gasteiger partial charge in [-0.1, -0.05) is 5.57 Å². The van der Waals surface area contributed by atoms with Crippen LogP contribution in [0, 0.1) is 13.8 Å². The molecule has 0 unspecified atom stereocenters. The van der Waals surface area contributed by atoms with Gasteiger partial charge in [0.1, 0.15) is 10.8 Å². The fourth-order valence-electron chi connectivity index (χ4n) is 4.42. The number of carbonyl (C=O) groups is 1. The van der Waals surface area contributed by atoms with E-state index < -0.39 is 11.6 Å². The molecule has 0 atom stereocenters. The Labute approximate surface area is 221 Å². The summed E-state index contributed by atoms with van der Waals surface area (Å²) in [6, 6.07) is 0. The number of ether oxygens (including phenoxy) is 1. The molecule has 3 aromatic heterocycles. The highest BCUT2D eigenvalue weighted by atomic mass is 32.2. The van der Waals surface area contributed by atoms with Crippen molar-refractivity contribution in [1.29, 1.82) is 0 Å². The van der Waals surface area contributed by atoms with E-state index in [9.17, 15) is 9.90 Å². The van der Waals surface area contributed by atoms with Crippen LogP contribution in [0.15, 0.2) is 16.8 Å². The first kappa shape index (κ1) is 26.9. The lowest BCUT2D eigenvalue weighted by molar-refractivity contribution is 0.195. The number of aromatic nitrogens is 5. The number of nitrogens with zero attached hydrogens (tertiary/aromatic N) is 7. The Balaban J connectivity index is 1.90. The lowest BCUT2D eigenvalue weighted by Crippen LogP contribution is -2.46. The molecule has 0 aliphatic carbocycles. The van der Waals surface area contributed by atoms with Crippen molar-refractivity contribution in [3.8, 4) is 5.75 Å². The van der Waals surface area contributed by atoms with E-state index >= 15 is 0 Å². The number of carboxylic acid groups (broad SMARTS) is 1. The minimum Gasteiger partial charge on any atom is -0.496 e. The molecule has 0 radical (unpaired) electrons. The monoisotopic (exact) mass is 525 g/mol. The van der Waals surface area contributed by atoms with Crippen LogP contribution in [0.2, 0.25) is 0 Å². The summed E-state index contributed by atoms with van der Waals surface area (Å²) in [5, 5.41) is 16.6. The quantitative estimate of drug-likeness (QED) is 0.442.